The number of benzene rings is 1. The summed E-state index contributed by atoms with van der Waals surface area (Å²) in [5.41, 5.74) is 0.380. The average molecular weight is 234 g/mol. The van der Waals surface area contributed by atoms with Crippen molar-refractivity contribution in [2.45, 2.75) is 20.8 Å². The lowest BCUT2D eigenvalue weighted by Crippen LogP contribution is -2.08. The van der Waals surface area contributed by atoms with E-state index in [1.165, 1.54) is 0 Å². The van der Waals surface area contributed by atoms with Crippen LogP contribution in [0.1, 0.15) is 20.8 Å². The van der Waals surface area contributed by atoms with Crippen molar-refractivity contribution in [3.63, 3.8) is 0 Å². The minimum Gasteiger partial charge on any atom is -0.493 e. The van der Waals surface area contributed by atoms with Crippen molar-refractivity contribution >= 4 is 5.97 Å². The number of hydrogen-bond acceptors (Lipinski definition) is 3. The number of rotatable bonds is 5. The van der Waals surface area contributed by atoms with Crippen molar-refractivity contribution < 1.29 is 14.3 Å². The van der Waals surface area contributed by atoms with E-state index < -0.39 is 5.97 Å². The monoisotopic (exact) mass is 234 g/mol. The van der Waals surface area contributed by atoms with Crippen LogP contribution in [0.15, 0.2) is 36.4 Å². The molecule has 0 amide bonds. The average Bonchev–Trinajstić information content (AvgIpc) is 2.28. The molecule has 0 heterocycles. The summed E-state index contributed by atoms with van der Waals surface area (Å²) < 4.78 is 10.6. The Bertz CT molecular complexity index is 390. The van der Waals surface area contributed by atoms with Gasteiger partial charge in [0.25, 0.3) is 0 Å². The molecule has 0 aliphatic carbocycles. The molecule has 1 aromatic rings. The first-order valence-electron chi connectivity index (χ1n) is 5.59. The van der Waals surface area contributed by atoms with Crippen LogP contribution in [0.3, 0.4) is 0 Å². The van der Waals surface area contributed by atoms with Crippen LogP contribution in [-0.2, 0) is 4.79 Å². The second kappa shape index (κ2) is 6.09. The molecular weight excluding hydrogens is 216 g/mol. The maximum absolute atomic E-state index is 11.3. The number of esters is 1. The van der Waals surface area contributed by atoms with E-state index in [0.29, 0.717) is 23.8 Å². The van der Waals surface area contributed by atoms with Gasteiger partial charge in [-0.15, -0.1) is 0 Å². The molecule has 17 heavy (non-hydrogen) atoms. The zero-order valence-corrected chi connectivity index (χ0v) is 10.5. The van der Waals surface area contributed by atoms with E-state index in [-0.39, 0.29) is 0 Å². The van der Waals surface area contributed by atoms with Crippen molar-refractivity contribution in [3.05, 3.63) is 36.4 Å². The smallest absolute Gasteiger partial charge is 0.338 e. The lowest BCUT2D eigenvalue weighted by atomic mass is 10.2. The predicted molar refractivity (Wildman–Crippen MR) is 67.2 cm³/mol. The van der Waals surface area contributed by atoms with Crippen molar-refractivity contribution in [3.8, 4) is 11.5 Å². The molecule has 0 aliphatic rings. The van der Waals surface area contributed by atoms with Crippen LogP contribution >= 0.6 is 0 Å². The van der Waals surface area contributed by atoms with Gasteiger partial charge in [0.1, 0.15) is 11.5 Å². The lowest BCUT2D eigenvalue weighted by Gasteiger charge is -2.09. The quantitative estimate of drug-likeness (QED) is 0.446. The Morgan fingerprint density at radius 2 is 1.76 bits per heavy atom. The first kappa shape index (κ1) is 13.3. The summed E-state index contributed by atoms with van der Waals surface area (Å²) in [6, 6.07) is 6.97. The number of carbonyl (C=O) groups excluding carboxylic acids is 1. The topological polar surface area (TPSA) is 35.5 Å². The number of hydrogen-bond donors (Lipinski definition) is 0. The third kappa shape index (κ3) is 4.72. The summed E-state index contributed by atoms with van der Waals surface area (Å²) in [5, 5.41) is 0. The van der Waals surface area contributed by atoms with E-state index in [0.717, 1.165) is 5.75 Å². The minimum absolute atomic E-state index is 0.380. The molecule has 0 aromatic heterocycles. The standard InChI is InChI=1S/C14H18O3/c1-10(2)9-16-12-5-7-13(8-6-12)17-14(15)11(3)4/h5-8,10H,3,9H2,1-2,4H3. The Morgan fingerprint density at radius 3 is 2.24 bits per heavy atom. The maximum Gasteiger partial charge on any atom is 0.338 e. The highest BCUT2D eigenvalue weighted by Gasteiger charge is 2.05. The van der Waals surface area contributed by atoms with Crippen LogP contribution in [-0.4, -0.2) is 12.6 Å². The summed E-state index contributed by atoms with van der Waals surface area (Å²) in [6.07, 6.45) is 0. The molecule has 0 aliphatic heterocycles. The molecule has 0 bridgehead atoms. The Kier molecular flexibility index (Phi) is 4.76. The normalized spacial score (nSPS) is 10.1. The van der Waals surface area contributed by atoms with Gasteiger partial charge < -0.3 is 9.47 Å². The van der Waals surface area contributed by atoms with Crippen LogP contribution in [0.4, 0.5) is 0 Å². The van der Waals surface area contributed by atoms with Gasteiger partial charge in [0.05, 0.1) is 6.61 Å². The fourth-order valence-electron chi connectivity index (χ4n) is 1.06. The molecule has 0 atom stereocenters. The van der Waals surface area contributed by atoms with Crippen molar-refractivity contribution in [2.75, 3.05) is 6.61 Å². The molecule has 0 saturated heterocycles. The van der Waals surface area contributed by atoms with E-state index in [2.05, 4.69) is 20.4 Å². The highest BCUT2D eigenvalue weighted by molar-refractivity contribution is 5.88. The molecule has 0 radical (unpaired) electrons. The molecule has 1 rings (SSSR count). The molecule has 0 saturated carbocycles. The first-order valence-corrected chi connectivity index (χ1v) is 5.59. The van der Waals surface area contributed by atoms with Crippen LogP contribution in [0, 0.1) is 5.92 Å². The predicted octanol–water partition coefficient (Wildman–Crippen LogP) is 3.20. The summed E-state index contributed by atoms with van der Waals surface area (Å²) >= 11 is 0. The van der Waals surface area contributed by atoms with Gasteiger partial charge in [-0.25, -0.2) is 4.79 Å². The molecule has 0 N–H and O–H groups in total. The second-order valence-corrected chi connectivity index (χ2v) is 4.35. The SMILES string of the molecule is C=C(C)C(=O)Oc1ccc(OCC(C)C)cc1. The third-order valence-corrected chi connectivity index (χ3v) is 1.97. The van der Waals surface area contributed by atoms with Gasteiger partial charge in [0.2, 0.25) is 0 Å². The molecule has 3 nitrogen and oxygen atoms in total. The largest absolute Gasteiger partial charge is 0.493 e. The van der Waals surface area contributed by atoms with E-state index in [4.69, 9.17) is 9.47 Å². The van der Waals surface area contributed by atoms with E-state index in [1.807, 2.05) is 0 Å². The third-order valence-electron chi connectivity index (χ3n) is 1.97. The Hall–Kier alpha value is -1.77. The van der Waals surface area contributed by atoms with Crippen molar-refractivity contribution in [1.82, 2.24) is 0 Å². The Balaban J connectivity index is 2.56. The van der Waals surface area contributed by atoms with Crippen LogP contribution in [0.5, 0.6) is 11.5 Å². The number of ether oxygens (including phenoxy) is 2. The fourth-order valence-corrected chi connectivity index (χ4v) is 1.06. The second-order valence-electron chi connectivity index (χ2n) is 4.35. The molecule has 0 unspecified atom stereocenters. The molecule has 0 spiro atoms. The minimum atomic E-state index is -0.416. The van der Waals surface area contributed by atoms with Crippen LogP contribution < -0.4 is 9.47 Å². The van der Waals surface area contributed by atoms with Crippen molar-refractivity contribution in [1.29, 1.82) is 0 Å². The van der Waals surface area contributed by atoms with Crippen LogP contribution in [0.25, 0.3) is 0 Å². The van der Waals surface area contributed by atoms with Gasteiger partial charge in [-0.3, -0.25) is 0 Å². The van der Waals surface area contributed by atoms with E-state index in [1.54, 1.807) is 31.2 Å². The highest BCUT2D eigenvalue weighted by Crippen LogP contribution is 2.18. The molecule has 92 valence electrons. The Labute approximate surface area is 102 Å². The summed E-state index contributed by atoms with van der Waals surface area (Å²) in [7, 11) is 0. The number of carbonyl (C=O) groups is 1. The van der Waals surface area contributed by atoms with Gasteiger partial charge in [-0.2, -0.15) is 0 Å². The maximum atomic E-state index is 11.3. The molecule has 3 heteroatoms. The molecule has 1 aromatic carbocycles. The van der Waals surface area contributed by atoms with Crippen LogP contribution in [0.2, 0.25) is 0 Å². The van der Waals surface area contributed by atoms with E-state index in [9.17, 15) is 4.79 Å². The zero-order chi connectivity index (χ0) is 12.8. The summed E-state index contributed by atoms with van der Waals surface area (Å²) in [5.74, 6) is 1.33. The summed E-state index contributed by atoms with van der Waals surface area (Å²) in [4.78, 5) is 11.3. The first-order chi connectivity index (χ1) is 7.99. The van der Waals surface area contributed by atoms with Gasteiger partial charge in [0, 0.05) is 5.57 Å². The lowest BCUT2D eigenvalue weighted by molar-refractivity contribution is -0.130. The van der Waals surface area contributed by atoms with Gasteiger partial charge >= 0.3 is 5.97 Å². The molecule has 0 fully saturated rings. The molecular formula is C14H18O3. The van der Waals surface area contributed by atoms with E-state index >= 15 is 0 Å². The zero-order valence-electron chi connectivity index (χ0n) is 10.5. The Morgan fingerprint density at radius 1 is 1.24 bits per heavy atom. The fraction of sp³-hybridized carbons (Fsp3) is 0.357. The van der Waals surface area contributed by atoms with Gasteiger partial charge in [0.15, 0.2) is 0 Å². The highest BCUT2D eigenvalue weighted by atomic mass is 16.5. The van der Waals surface area contributed by atoms with Gasteiger partial charge in [-0.1, -0.05) is 20.4 Å². The van der Waals surface area contributed by atoms with Gasteiger partial charge in [-0.05, 0) is 37.1 Å². The summed E-state index contributed by atoms with van der Waals surface area (Å²) in [6.45, 7) is 9.98. The van der Waals surface area contributed by atoms with Crippen molar-refractivity contribution in [2.24, 2.45) is 5.92 Å².